The first-order valence-corrected chi connectivity index (χ1v) is 11.8. The Hall–Kier alpha value is -2.40. The molecule has 2 atom stereocenters. The van der Waals surface area contributed by atoms with Crippen LogP contribution in [0.1, 0.15) is 49.0 Å². The molecule has 0 saturated heterocycles. The number of likely N-dealkylation sites (N-methyl/N-ethyl adjacent to an activating group) is 1. The molecule has 0 N–H and O–H groups in total. The van der Waals surface area contributed by atoms with Crippen LogP contribution in [-0.4, -0.2) is 58.9 Å². The van der Waals surface area contributed by atoms with Crippen molar-refractivity contribution in [3.63, 3.8) is 0 Å². The third-order valence-corrected chi connectivity index (χ3v) is 8.49. The van der Waals surface area contributed by atoms with Crippen LogP contribution in [0.3, 0.4) is 0 Å². The summed E-state index contributed by atoms with van der Waals surface area (Å²) in [5, 5.41) is 1.22. The molecule has 0 radical (unpaired) electrons. The lowest BCUT2D eigenvalue weighted by molar-refractivity contribution is -0.134. The molecule has 7 rings (SSSR count). The molecule has 5 nitrogen and oxygen atoms in total. The monoisotopic (exact) mass is 417 g/mol. The Balaban J connectivity index is 1.44. The number of carbonyl (C=O) groups is 2. The first kappa shape index (κ1) is 19.3. The fourth-order valence-electron chi connectivity index (χ4n) is 6.65. The van der Waals surface area contributed by atoms with Gasteiger partial charge in [0.2, 0.25) is 11.8 Å². The van der Waals surface area contributed by atoms with Gasteiger partial charge in [-0.05, 0) is 75.3 Å². The van der Waals surface area contributed by atoms with Gasteiger partial charge in [0.1, 0.15) is 0 Å². The van der Waals surface area contributed by atoms with Crippen molar-refractivity contribution in [1.29, 1.82) is 0 Å². The lowest BCUT2D eigenvalue weighted by atomic mass is 9.44. The number of hydrogen-bond donors (Lipinski definition) is 0. The van der Waals surface area contributed by atoms with Crippen LogP contribution in [0.5, 0.6) is 0 Å². The van der Waals surface area contributed by atoms with Crippen LogP contribution >= 0.6 is 0 Å². The van der Waals surface area contributed by atoms with E-state index in [0.29, 0.717) is 5.91 Å². The SMILES string of the molecule is CCN(CC)C(=O)[C@@H]1C=C2c3cccc4c3c(cn4C(=O)C34CC(C3)C4)C[C@H]2N(C)C1. The van der Waals surface area contributed by atoms with Gasteiger partial charge in [-0.15, -0.1) is 0 Å². The average Bonchev–Trinajstić information content (AvgIpc) is 3.07. The lowest BCUT2D eigenvalue weighted by Gasteiger charge is -2.60. The summed E-state index contributed by atoms with van der Waals surface area (Å²) in [6.45, 7) is 6.33. The number of benzene rings is 1. The van der Waals surface area contributed by atoms with Crippen LogP contribution in [0.15, 0.2) is 30.5 Å². The van der Waals surface area contributed by atoms with Crippen LogP contribution in [0.4, 0.5) is 0 Å². The zero-order chi connectivity index (χ0) is 21.5. The molecule has 3 fully saturated rings. The van der Waals surface area contributed by atoms with Crippen molar-refractivity contribution in [3.8, 4) is 0 Å². The summed E-state index contributed by atoms with van der Waals surface area (Å²) in [7, 11) is 2.13. The second-order valence-corrected chi connectivity index (χ2v) is 10.2. The van der Waals surface area contributed by atoms with E-state index in [-0.39, 0.29) is 23.3 Å². The Morgan fingerprint density at radius 3 is 2.55 bits per heavy atom. The molecule has 1 amide bonds. The van der Waals surface area contributed by atoms with Gasteiger partial charge in [-0.1, -0.05) is 18.2 Å². The summed E-state index contributed by atoms with van der Waals surface area (Å²) in [6, 6.07) is 6.61. The Morgan fingerprint density at radius 2 is 1.90 bits per heavy atom. The highest BCUT2D eigenvalue weighted by atomic mass is 16.2. The van der Waals surface area contributed by atoms with Gasteiger partial charge in [0.25, 0.3) is 0 Å². The average molecular weight is 418 g/mol. The number of fused-ring (bicyclic) bond motifs is 2. The predicted molar refractivity (Wildman–Crippen MR) is 122 cm³/mol. The van der Waals surface area contributed by atoms with E-state index in [9.17, 15) is 9.59 Å². The van der Waals surface area contributed by atoms with Crippen LogP contribution in [0.2, 0.25) is 0 Å². The highest BCUT2D eigenvalue weighted by Crippen LogP contribution is 2.65. The van der Waals surface area contributed by atoms with E-state index >= 15 is 0 Å². The molecule has 2 aromatic rings. The fourth-order valence-corrected chi connectivity index (χ4v) is 6.65. The number of aromatic nitrogens is 1. The van der Waals surface area contributed by atoms with Gasteiger partial charge in [0, 0.05) is 37.3 Å². The largest absolute Gasteiger partial charge is 0.343 e. The van der Waals surface area contributed by atoms with Gasteiger partial charge in [0.15, 0.2) is 0 Å². The van der Waals surface area contributed by atoms with E-state index in [4.69, 9.17) is 0 Å². The van der Waals surface area contributed by atoms with Gasteiger partial charge < -0.3 is 4.90 Å². The number of rotatable bonds is 4. The van der Waals surface area contributed by atoms with Crippen molar-refractivity contribution < 1.29 is 9.59 Å². The smallest absolute Gasteiger partial charge is 0.237 e. The molecule has 2 heterocycles. The quantitative estimate of drug-likeness (QED) is 0.760. The van der Waals surface area contributed by atoms with Crippen molar-refractivity contribution in [3.05, 3.63) is 41.6 Å². The van der Waals surface area contributed by atoms with Gasteiger partial charge in [-0.3, -0.25) is 19.1 Å². The Morgan fingerprint density at radius 1 is 1.16 bits per heavy atom. The first-order valence-electron chi connectivity index (χ1n) is 11.8. The summed E-state index contributed by atoms with van der Waals surface area (Å²) in [5.74, 6) is 1.19. The molecule has 5 aliphatic rings. The van der Waals surface area contributed by atoms with Crippen molar-refractivity contribution in [2.45, 2.75) is 45.6 Å². The Labute approximate surface area is 183 Å². The van der Waals surface area contributed by atoms with Gasteiger partial charge in [-0.25, -0.2) is 0 Å². The van der Waals surface area contributed by atoms with E-state index in [1.807, 2.05) is 23.3 Å². The van der Waals surface area contributed by atoms with Crippen LogP contribution < -0.4 is 0 Å². The van der Waals surface area contributed by atoms with Crippen LogP contribution in [0.25, 0.3) is 16.5 Å². The molecule has 31 heavy (non-hydrogen) atoms. The predicted octanol–water partition coefficient (Wildman–Crippen LogP) is 3.82. The molecule has 162 valence electrons. The topological polar surface area (TPSA) is 45.6 Å². The minimum Gasteiger partial charge on any atom is -0.343 e. The lowest BCUT2D eigenvalue weighted by Crippen LogP contribution is -2.58. The third kappa shape index (κ3) is 2.53. The minimum atomic E-state index is -0.113. The summed E-state index contributed by atoms with van der Waals surface area (Å²) in [6.07, 6.45) is 8.47. The van der Waals surface area contributed by atoms with Crippen LogP contribution in [-0.2, 0) is 11.2 Å². The summed E-state index contributed by atoms with van der Waals surface area (Å²) < 4.78 is 1.96. The normalized spacial score (nSPS) is 30.8. The molecule has 5 heteroatoms. The summed E-state index contributed by atoms with van der Waals surface area (Å²) in [5.41, 5.74) is 4.70. The van der Waals surface area contributed by atoms with Crippen molar-refractivity contribution in [1.82, 2.24) is 14.4 Å². The van der Waals surface area contributed by atoms with Crippen LogP contribution in [0, 0.1) is 17.3 Å². The molecule has 1 aromatic heterocycles. The Bertz CT molecular complexity index is 1120. The first-order chi connectivity index (χ1) is 15.0. The molecule has 0 unspecified atom stereocenters. The molecule has 0 spiro atoms. The molecule has 2 bridgehead atoms. The molecule has 1 aliphatic heterocycles. The number of amides is 1. The van der Waals surface area contributed by atoms with Gasteiger partial charge in [0.05, 0.1) is 16.8 Å². The van der Waals surface area contributed by atoms with E-state index in [1.54, 1.807) is 0 Å². The van der Waals surface area contributed by atoms with E-state index in [1.165, 1.54) is 22.1 Å². The summed E-state index contributed by atoms with van der Waals surface area (Å²) in [4.78, 5) is 30.8. The molecule has 1 aromatic carbocycles. The van der Waals surface area contributed by atoms with Crippen molar-refractivity contribution in [2.75, 3.05) is 26.7 Å². The number of carbonyl (C=O) groups excluding carboxylic acids is 2. The zero-order valence-corrected chi connectivity index (χ0v) is 18.7. The Kier molecular flexibility index (Phi) is 4.08. The second-order valence-electron chi connectivity index (χ2n) is 10.2. The van der Waals surface area contributed by atoms with E-state index in [0.717, 1.165) is 56.8 Å². The van der Waals surface area contributed by atoms with Gasteiger partial charge >= 0.3 is 0 Å². The second kappa shape index (κ2) is 6.55. The highest BCUT2D eigenvalue weighted by Gasteiger charge is 2.61. The number of nitrogens with zero attached hydrogens (tertiary/aromatic N) is 3. The summed E-state index contributed by atoms with van der Waals surface area (Å²) >= 11 is 0. The fraction of sp³-hybridized carbons (Fsp3) is 0.538. The minimum absolute atomic E-state index is 0.0813. The van der Waals surface area contributed by atoms with Gasteiger partial charge in [-0.2, -0.15) is 0 Å². The standard InChI is InChI=1S/C26H31N3O2/c1-4-28(5-2)24(30)18-9-20-19-7-6-8-21-23(19)17(10-22(20)27(3)14-18)15-29(21)25(31)26-11-16(12-26)13-26/h6-9,15-16,18,22H,4-5,10-14H2,1-3H3/t16?,18-,22-,26?/m1/s1. The van der Waals surface area contributed by atoms with Crippen molar-refractivity contribution >= 4 is 28.3 Å². The van der Waals surface area contributed by atoms with E-state index < -0.39 is 0 Å². The molecule has 4 aliphatic carbocycles. The maximum Gasteiger partial charge on any atom is 0.237 e. The third-order valence-electron chi connectivity index (χ3n) is 8.49. The molecule has 3 saturated carbocycles. The number of hydrogen-bond acceptors (Lipinski definition) is 3. The van der Waals surface area contributed by atoms with E-state index in [2.05, 4.69) is 42.4 Å². The molecular formula is C26H31N3O2. The maximum absolute atomic E-state index is 13.4. The molecular weight excluding hydrogens is 386 g/mol. The highest BCUT2D eigenvalue weighted by molar-refractivity contribution is 6.04. The maximum atomic E-state index is 13.4. The van der Waals surface area contributed by atoms with Crippen molar-refractivity contribution in [2.24, 2.45) is 17.3 Å². The zero-order valence-electron chi connectivity index (χ0n) is 18.7.